The van der Waals surface area contributed by atoms with Crippen LogP contribution in [0.25, 0.3) is 4.96 Å². The number of thiazole rings is 1. The molecule has 3 heterocycles. The molecule has 0 bridgehead atoms. The van der Waals surface area contributed by atoms with Gasteiger partial charge < -0.3 is 10.2 Å². The second kappa shape index (κ2) is 5.97. The number of nitrogens with one attached hydrogen (secondary N) is 1. The summed E-state index contributed by atoms with van der Waals surface area (Å²) < 4.78 is 2.25. The van der Waals surface area contributed by atoms with Gasteiger partial charge in [0.1, 0.15) is 0 Å². The molecule has 0 saturated carbocycles. The molecule has 116 valence electrons. The maximum absolute atomic E-state index is 4.91. The van der Waals surface area contributed by atoms with Crippen LogP contribution in [0.15, 0.2) is 11.6 Å². The van der Waals surface area contributed by atoms with Crippen molar-refractivity contribution in [1.29, 1.82) is 0 Å². The summed E-state index contributed by atoms with van der Waals surface area (Å²) in [5, 5.41) is 5.66. The van der Waals surface area contributed by atoms with E-state index in [0.717, 1.165) is 37.6 Å². The zero-order valence-corrected chi connectivity index (χ0v) is 14.2. The van der Waals surface area contributed by atoms with Crippen molar-refractivity contribution in [3.63, 3.8) is 0 Å². The largest absolute Gasteiger partial charge is 0.354 e. The third kappa shape index (κ3) is 3.09. The molecule has 1 aliphatic rings. The van der Waals surface area contributed by atoms with Crippen LogP contribution in [0.3, 0.4) is 0 Å². The van der Waals surface area contributed by atoms with Crippen LogP contribution in [0.4, 0.5) is 5.82 Å². The number of piperidine rings is 1. The van der Waals surface area contributed by atoms with E-state index in [4.69, 9.17) is 4.98 Å². The van der Waals surface area contributed by atoms with E-state index in [1.165, 1.54) is 24.4 Å². The van der Waals surface area contributed by atoms with Crippen LogP contribution in [0.5, 0.6) is 0 Å². The molecular formula is C16H26N4S. The van der Waals surface area contributed by atoms with Crippen LogP contribution in [-0.2, 0) is 6.54 Å². The average molecular weight is 306 g/mol. The molecule has 1 aliphatic heterocycles. The second-order valence-electron chi connectivity index (χ2n) is 6.80. The van der Waals surface area contributed by atoms with Gasteiger partial charge in [0.05, 0.1) is 5.69 Å². The molecule has 1 fully saturated rings. The summed E-state index contributed by atoms with van der Waals surface area (Å²) in [5.74, 6) is 1.19. The number of hydrogen-bond acceptors (Lipinski definition) is 4. The molecule has 2 aromatic rings. The zero-order chi connectivity index (χ0) is 14.9. The van der Waals surface area contributed by atoms with Crippen molar-refractivity contribution in [2.24, 2.45) is 5.41 Å². The lowest BCUT2D eigenvalue weighted by Gasteiger charge is -2.38. The van der Waals surface area contributed by atoms with Crippen molar-refractivity contribution >= 4 is 22.1 Å². The fourth-order valence-corrected chi connectivity index (χ4v) is 3.95. The molecule has 3 rings (SSSR count). The number of aromatic nitrogens is 2. The van der Waals surface area contributed by atoms with Crippen LogP contribution in [0, 0.1) is 5.41 Å². The molecule has 1 saturated heterocycles. The van der Waals surface area contributed by atoms with Gasteiger partial charge in [0.25, 0.3) is 0 Å². The summed E-state index contributed by atoms with van der Waals surface area (Å²) in [6.45, 7) is 11.1. The lowest BCUT2D eigenvalue weighted by Crippen LogP contribution is -2.41. The molecule has 0 aliphatic carbocycles. The van der Waals surface area contributed by atoms with E-state index in [1.807, 2.05) is 0 Å². The van der Waals surface area contributed by atoms with Crippen LogP contribution < -0.4 is 10.2 Å². The van der Waals surface area contributed by atoms with Gasteiger partial charge in [-0.25, -0.2) is 4.98 Å². The molecule has 0 amide bonds. The van der Waals surface area contributed by atoms with E-state index in [9.17, 15) is 0 Å². The van der Waals surface area contributed by atoms with Crippen LogP contribution >= 0.6 is 11.3 Å². The van der Waals surface area contributed by atoms with Crippen LogP contribution in [0.1, 0.15) is 45.7 Å². The Morgan fingerprint density at radius 1 is 1.43 bits per heavy atom. The number of anilines is 1. The van der Waals surface area contributed by atoms with Crippen molar-refractivity contribution < 1.29 is 0 Å². The Labute approximate surface area is 131 Å². The molecule has 0 radical (unpaired) electrons. The molecule has 21 heavy (non-hydrogen) atoms. The predicted octanol–water partition coefficient (Wildman–Crippen LogP) is 3.52. The van der Waals surface area contributed by atoms with Gasteiger partial charge in [0, 0.05) is 31.2 Å². The van der Waals surface area contributed by atoms with Crippen LogP contribution in [-0.4, -0.2) is 29.0 Å². The Morgan fingerprint density at radius 2 is 2.29 bits per heavy atom. The topological polar surface area (TPSA) is 32.6 Å². The van der Waals surface area contributed by atoms with Crippen molar-refractivity contribution in [2.75, 3.05) is 24.5 Å². The minimum atomic E-state index is 0.392. The summed E-state index contributed by atoms with van der Waals surface area (Å²) in [6, 6.07) is 0. The quantitative estimate of drug-likeness (QED) is 0.858. The number of rotatable bonds is 5. The summed E-state index contributed by atoms with van der Waals surface area (Å²) >= 11 is 1.72. The molecule has 1 N–H and O–H groups in total. The van der Waals surface area contributed by atoms with E-state index >= 15 is 0 Å². The number of imidazole rings is 1. The van der Waals surface area contributed by atoms with Crippen molar-refractivity contribution in [3.05, 3.63) is 17.3 Å². The van der Waals surface area contributed by atoms with Gasteiger partial charge in [-0.15, -0.1) is 11.3 Å². The molecule has 0 aromatic carbocycles. The highest BCUT2D eigenvalue weighted by Crippen LogP contribution is 2.33. The van der Waals surface area contributed by atoms with Gasteiger partial charge in [-0.2, -0.15) is 0 Å². The average Bonchev–Trinajstić information content (AvgIpc) is 3.00. The first-order chi connectivity index (χ1) is 10.1. The van der Waals surface area contributed by atoms with Gasteiger partial charge in [-0.3, -0.25) is 4.40 Å². The zero-order valence-electron chi connectivity index (χ0n) is 13.4. The lowest BCUT2D eigenvalue weighted by atomic mass is 9.84. The highest BCUT2D eigenvalue weighted by atomic mass is 32.1. The second-order valence-corrected chi connectivity index (χ2v) is 7.68. The lowest BCUT2D eigenvalue weighted by molar-refractivity contribution is 0.292. The predicted molar refractivity (Wildman–Crippen MR) is 90.3 cm³/mol. The first-order valence-corrected chi connectivity index (χ1v) is 8.89. The molecule has 0 unspecified atom stereocenters. The van der Waals surface area contributed by atoms with E-state index in [-0.39, 0.29) is 0 Å². The molecule has 4 nitrogen and oxygen atoms in total. The third-order valence-corrected chi connectivity index (χ3v) is 5.02. The van der Waals surface area contributed by atoms with E-state index in [2.05, 4.69) is 47.0 Å². The first kappa shape index (κ1) is 14.9. The maximum atomic E-state index is 4.91. The number of hydrogen-bond donors (Lipinski definition) is 1. The highest BCUT2D eigenvalue weighted by Gasteiger charge is 2.29. The first-order valence-electron chi connectivity index (χ1n) is 8.01. The number of nitrogens with zero attached hydrogens (tertiary/aromatic N) is 3. The Bertz CT molecular complexity index is 598. The minimum Gasteiger partial charge on any atom is -0.354 e. The number of fused-ring (bicyclic) bond motifs is 1. The van der Waals surface area contributed by atoms with Gasteiger partial charge in [0.15, 0.2) is 10.8 Å². The highest BCUT2D eigenvalue weighted by molar-refractivity contribution is 7.15. The fourth-order valence-electron chi connectivity index (χ4n) is 3.23. The van der Waals surface area contributed by atoms with Crippen molar-refractivity contribution in [3.8, 4) is 0 Å². The fraction of sp³-hybridized carbons (Fsp3) is 0.688. The third-order valence-electron chi connectivity index (χ3n) is 4.26. The molecular weight excluding hydrogens is 280 g/mol. The van der Waals surface area contributed by atoms with Crippen molar-refractivity contribution in [1.82, 2.24) is 14.7 Å². The van der Waals surface area contributed by atoms with E-state index in [1.54, 1.807) is 11.3 Å². The molecule has 2 aromatic heterocycles. The van der Waals surface area contributed by atoms with E-state index < -0.39 is 0 Å². The molecule has 5 heteroatoms. The SMILES string of the molecule is CCCNCc1c(N2CCCC(C)(C)C2)nc2sccn12. The standard InChI is InChI=1S/C16H26N4S/c1-4-7-17-11-13-14(18-15-20(13)9-10-21-15)19-8-5-6-16(2,3)12-19/h9-10,17H,4-8,11-12H2,1-3H3. The van der Waals surface area contributed by atoms with E-state index in [0.29, 0.717) is 5.41 Å². The minimum absolute atomic E-state index is 0.392. The monoisotopic (exact) mass is 306 g/mol. The molecule has 0 spiro atoms. The normalized spacial score (nSPS) is 18.5. The molecule has 0 atom stereocenters. The van der Waals surface area contributed by atoms with Gasteiger partial charge in [-0.1, -0.05) is 20.8 Å². The summed E-state index contributed by atoms with van der Waals surface area (Å²) in [6.07, 6.45) is 5.89. The van der Waals surface area contributed by atoms with Gasteiger partial charge >= 0.3 is 0 Å². The Balaban J connectivity index is 1.89. The summed E-state index contributed by atoms with van der Waals surface area (Å²) in [5.41, 5.74) is 1.71. The smallest absolute Gasteiger partial charge is 0.195 e. The van der Waals surface area contributed by atoms with Crippen molar-refractivity contribution in [2.45, 2.75) is 46.6 Å². The van der Waals surface area contributed by atoms with Crippen LogP contribution in [0.2, 0.25) is 0 Å². The van der Waals surface area contributed by atoms with Gasteiger partial charge in [0.2, 0.25) is 0 Å². The Morgan fingerprint density at radius 3 is 3.05 bits per heavy atom. The summed E-state index contributed by atoms with van der Waals surface area (Å²) in [7, 11) is 0. The maximum Gasteiger partial charge on any atom is 0.195 e. The Kier molecular flexibility index (Phi) is 4.22. The Hall–Kier alpha value is -1.07. The summed E-state index contributed by atoms with van der Waals surface area (Å²) in [4.78, 5) is 8.51. The van der Waals surface area contributed by atoms with Gasteiger partial charge in [-0.05, 0) is 31.2 Å².